The topological polar surface area (TPSA) is 47.3 Å². The lowest BCUT2D eigenvalue weighted by molar-refractivity contribution is 0.342. The zero-order chi connectivity index (χ0) is 14.5. The van der Waals surface area contributed by atoms with Crippen molar-refractivity contribution in [3.63, 3.8) is 0 Å². The minimum Gasteiger partial charge on any atom is -0.497 e. The molecule has 0 aliphatic heterocycles. The van der Waals surface area contributed by atoms with Gasteiger partial charge in [-0.2, -0.15) is 0 Å². The number of hydrogen-bond donors (Lipinski definition) is 2. The van der Waals surface area contributed by atoms with Crippen molar-refractivity contribution < 1.29 is 9.13 Å². The summed E-state index contributed by atoms with van der Waals surface area (Å²) >= 11 is 0. The first-order valence-electron chi connectivity index (χ1n) is 6.67. The van der Waals surface area contributed by atoms with Crippen molar-refractivity contribution in [3.05, 3.63) is 29.6 Å². The summed E-state index contributed by atoms with van der Waals surface area (Å²) in [7, 11) is 1.52. The van der Waals surface area contributed by atoms with Gasteiger partial charge < -0.3 is 4.74 Å². The number of hydrazine groups is 1. The summed E-state index contributed by atoms with van der Waals surface area (Å²) in [5.41, 5.74) is 3.59. The number of nitrogens with one attached hydrogen (secondary N) is 1. The number of benzene rings is 1. The molecule has 0 spiro atoms. The first-order valence-corrected chi connectivity index (χ1v) is 6.67. The summed E-state index contributed by atoms with van der Waals surface area (Å²) in [6.07, 6.45) is 2.91. The third-order valence-electron chi connectivity index (χ3n) is 3.20. The van der Waals surface area contributed by atoms with Crippen molar-refractivity contribution in [2.75, 3.05) is 7.11 Å². The highest BCUT2D eigenvalue weighted by Gasteiger charge is 2.17. The van der Waals surface area contributed by atoms with E-state index in [1.807, 2.05) is 0 Å². The van der Waals surface area contributed by atoms with Gasteiger partial charge in [0.2, 0.25) is 0 Å². The largest absolute Gasteiger partial charge is 0.497 e. The Morgan fingerprint density at radius 3 is 2.53 bits per heavy atom. The molecule has 3 N–H and O–H groups in total. The number of hydrogen-bond acceptors (Lipinski definition) is 3. The van der Waals surface area contributed by atoms with Crippen molar-refractivity contribution in [3.8, 4) is 5.75 Å². The van der Waals surface area contributed by atoms with Gasteiger partial charge in [-0.15, -0.1) is 0 Å². The molecule has 0 radical (unpaired) electrons. The van der Waals surface area contributed by atoms with Crippen molar-refractivity contribution >= 4 is 0 Å². The fourth-order valence-electron chi connectivity index (χ4n) is 2.08. The van der Waals surface area contributed by atoms with Gasteiger partial charge in [0.25, 0.3) is 0 Å². The van der Waals surface area contributed by atoms with E-state index in [-0.39, 0.29) is 17.3 Å². The van der Waals surface area contributed by atoms with Crippen molar-refractivity contribution in [1.82, 2.24) is 5.43 Å². The molecule has 3 nitrogen and oxygen atoms in total. The summed E-state index contributed by atoms with van der Waals surface area (Å²) < 4.78 is 19.0. The molecule has 1 unspecified atom stereocenters. The second kappa shape index (κ2) is 6.87. The van der Waals surface area contributed by atoms with E-state index in [1.54, 1.807) is 12.1 Å². The lowest BCUT2D eigenvalue weighted by Gasteiger charge is -2.21. The van der Waals surface area contributed by atoms with E-state index in [1.165, 1.54) is 13.2 Å². The minimum atomic E-state index is -0.280. The molecule has 1 aromatic carbocycles. The molecule has 0 amide bonds. The Morgan fingerprint density at radius 1 is 1.37 bits per heavy atom. The Hall–Kier alpha value is -1.13. The van der Waals surface area contributed by atoms with E-state index in [0.717, 1.165) is 19.3 Å². The van der Waals surface area contributed by atoms with Gasteiger partial charge in [-0.1, -0.05) is 33.3 Å². The SMILES string of the molecule is COc1ccc(C(CCCC(C)(C)C)NN)c(F)c1. The summed E-state index contributed by atoms with van der Waals surface area (Å²) in [5.74, 6) is 5.79. The summed E-state index contributed by atoms with van der Waals surface area (Å²) in [5, 5.41) is 0. The van der Waals surface area contributed by atoms with Crippen LogP contribution in [0, 0.1) is 11.2 Å². The molecule has 0 bridgehead atoms. The number of rotatable bonds is 6. The molecule has 1 rings (SSSR count). The number of ether oxygens (including phenoxy) is 1. The highest BCUT2D eigenvalue weighted by molar-refractivity contribution is 5.30. The Bertz CT molecular complexity index is 402. The quantitative estimate of drug-likeness (QED) is 0.612. The van der Waals surface area contributed by atoms with Crippen LogP contribution in [-0.4, -0.2) is 7.11 Å². The van der Waals surface area contributed by atoms with E-state index in [9.17, 15) is 4.39 Å². The van der Waals surface area contributed by atoms with E-state index in [2.05, 4.69) is 26.2 Å². The van der Waals surface area contributed by atoms with Crippen LogP contribution in [0.3, 0.4) is 0 Å². The fraction of sp³-hybridized carbons (Fsp3) is 0.600. The molecule has 1 aromatic rings. The maximum atomic E-state index is 14.0. The van der Waals surface area contributed by atoms with Gasteiger partial charge >= 0.3 is 0 Å². The minimum absolute atomic E-state index is 0.159. The monoisotopic (exact) mass is 268 g/mol. The first-order chi connectivity index (χ1) is 8.87. The smallest absolute Gasteiger partial charge is 0.131 e. The standard InChI is InChI=1S/C15H25FN2O/c1-15(2,3)9-5-6-14(18-17)12-8-7-11(19-4)10-13(12)16/h7-8,10,14,18H,5-6,9,17H2,1-4H3. The molecule has 0 aliphatic rings. The van der Waals surface area contributed by atoms with Crippen LogP contribution in [0.4, 0.5) is 4.39 Å². The van der Waals surface area contributed by atoms with Crippen LogP contribution in [0.2, 0.25) is 0 Å². The molecule has 0 aromatic heterocycles. The molecule has 4 heteroatoms. The number of methoxy groups -OCH3 is 1. The summed E-state index contributed by atoms with van der Waals surface area (Å²) in [6, 6.07) is 4.72. The van der Waals surface area contributed by atoms with Gasteiger partial charge in [0.05, 0.1) is 7.11 Å². The lowest BCUT2D eigenvalue weighted by Crippen LogP contribution is -2.29. The Labute approximate surface area is 115 Å². The molecule has 0 heterocycles. The van der Waals surface area contributed by atoms with E-state index in [0.29, 0.717) is 11.3 Å². The van der Waals surface area contributed by atoms with Crippen molar-refractivity contribution in [2.24, 2.45) is 11.3 Å². The second-order valence-corrected chi connectivity index (χ2v) is 6.06. The molecular formula is C15H25FN2O. The zero-order valence-corrected chi connectivity index (χ0v) is 12.3. The number of halogens is 1. The molecular weight excluding hydrogens is 243 g/mol. The van der Waals surface area contributed by atoms with E-state index in [4.69, 9.17) is 10.6 Å². The molecule has 19 heavy (non-hydrogen) atoms. The van der Waals surface area contributed by atoms with Crippen LogP contribution in [0.25, 0.3) is 0 Å². The van der Waals surface area contributed by atoms with Gasteiger partial charge in [-0.3, -0.25) is 11.3 Å². The molecule has 108 valence electrons. The summed E-state index contributed by atoms with van der Waals surface area (Å²) in [4.78, 5) is 0. The highest BCUT2D eigenvalue weighted by Crippen LogP contribution is 2.28. The normalized spacial score (nSPS) is 13.4. The highest BCUT2D eigenvalue weighted by atomic mass is 19.1. The summed E-state index contributed by atoms with van der Waals surface area (Å²) in [6.45, 7) is 6.60. The molecule has 0 fully saturated rings. The van der Waals surface area contributed by atoms with Crippen LogP contribution >= 0.6 is 0 Å². The molecule has 0 aliphatic carbocycles. The van der Waals surface area contributed by atoms with Crippen molar-refractivity contribution in [2.45, 2.75) is 46.1 Å². The van der Waals surface area contributed by atoms with Gasteiger partial charge in [-0.05, 0) is 24.3 Å². The zero-order valence-electron chi connectivity index (χ0n) is 12.3. The van der Waals surface area contributed by atoms with E-state index >= 15 is 0 Å². The van der Waals surface area contributed by atoms with Crippen LogP contribution in [0.1, 0.15) is 51.6 Å². The van der Waals surface area contributed by atoms with Gasteiger partial charge in [-0.25, -0.2) is 4.39 Å². The third-order valence-corrected chi connectivity index (χ3v) is 3.20. The van der Waals surface area contributed by atoms with Gasteiger partial charge in [0.15, 0.2) is 0 Å². The van der Waals surface area contributed by atoms with Crippen LogP contribution < -0.4 is 16.0 Å². The average Bonchev–Trinajstić information content (AvgIpc) is 2.34. The second-order valence-electron chi connectivity index (χ2n) is 6.06. The average molecular weight is 268 g/mol. The van der Waals surface area contributed by atoms with Gasteiger partial charge in [0, 0.05) is 17.7 Å². The Balaban J connectivity index is 2.69. The van der Waals surface area contributed by atoms with Crippen LogP contribution in [0.15, 0.2) is 18.2 Å². The molecule has 1 atom stereocenters. The first kappa shape index (κ1) is 15.9. The maximum absolute atomic E-state index is 14.0. The van der Waals surface area contributed by atoms with Crippen LogP contribution in [0.5, 0.6) is 5.75 Å². The predicted octanol–water partition coefficient (Wildman–Crippen LogP) is 3.56. The Kier molecular flexibility index (Phi) is 5.76. The van der Waals surface area contributed by atoms with E-state index < -0.39 is 0 Å². The predicted molar refractivity (Wildman–Crippen MR) is 76.3 cm³/mol. The Morgan fingerprint density at radius 2 is 2.05 bits per heavy atom. The third kappa shape index (κ3) is 5.17. The molecule has 0 saturated carbocycles. The van der Waals surface area contributed by atoms with Gasteiger partial charge in [0.1, 0.15) is 11.6 Å². The maximum Gasteiger partial charge on any atom is 0.131 e. The lowest BCUT2D eigenvalue weighted by atomic mass is 9.88. The van der Waals surface area contributed by atoms with Crippen LogP contribution in [-0.2, 0) is 0 Å². The molecule has 0 saturated heterocycles. The van der Waals surface area contributed by atoms with Crippen molar-refractivity contribution in [1.29, 1.82) is 0 Å². The fourth-order valence-corrected chi connectivity index (χ4v) is 2.08. The number of nitrogens with two attached hydrogens (primary N) is 1.